The molecule has 0 rings (SSSR count). The number of halogens is 1. The van der Waals surface area contributed by atoms with Crippen molar-refractivity contribution in [3.8, 4) is 0 Å². The Morgan fingerprint density at radius 1 is 1.43 bits per heavy atom. The van der Waals surface area contributed by atoms with Crippen molar-refractivity contribution in [3.63, 3.8) is 0 Å². The molecule has 0 bridgehead atoms. The second-order valence-electron chi connectivity index (χ2n) is 0.224. The fourth-order valence-electron chi connectivity index (χ4n) is 0. The topological polar surface area (TPSA) is 66.2 Å². The first-order chi connectivity index (χ1) is 2.73. The van der Waals surface area contributed by atoms with E-state index in [0.29, 0.717) is 7.18 Å². The maximum absolute atomic E-state index is 9.50. The third-order valence-electron chi connectivity index (χ3n) is 0. The van der Waals surface area contributed by atoms with Gasteiger partial charge < -0.3 is 15.3 Å². The summed E-state index contributed by atoms with van der Waals surface area (Å²) in [6, 6.07) is 0. The SMILES string of the molecule is CF.O=[N+]([O-])[O-].[Li+]. The summed E-state index contributed by atoms with van der Waals surface area (Å²) < 4.78 is 9.50. The molecular weight excluding hydrogens is 100.0 g/mol. The third-order valence-corrected chi connectivity index (χ3v) is 0. The Morgan fingerprint density at radius 2 is 1.43 bits per heavy atom. The van der Waals surface area contributed by atoms with E-state index in [1.807, 2.05) is 0 Å². The van der Waals surface area contributed by atoms with Crippen LogP contribution in [0, 0.1) is 15.3 Å². The fraction of sp³-hybridized carbons (Fsp3) is 1.00. The molecule has 0 spiro atoms. The van der Waals surface area contributed by atoms with Crippen LogP contribution in [-0.2, 0) is 0 Å². The molecule has 0 amide bonds. The monoisotopic (exact) mass is 103 g/mol. The van der Waals surface area contributed by atoms with E-state index in [0.717, 1.165) is 0 Å². The van der Waals surface area contributed by atoms with Crippen LogP contribution >= 0.6 is 0 Å². The van der Waals surface area contributed by atoms with Crippen LogP contribution in [-0.4, -0.2) is 12.3 Å². The second kappa shape index (κ2) is 17.2. The standard InChI is InChI=1S/CH3F.Li.NO3/c1-2;;2-1(3)4/h1H3;;/q;+1;-1. The maximum atomic E-state index is 9.50. The van der Waals surface area contributed by atoms with Gasteiger partial charge in [-0.3, -0.25) is 4.39 Å². The van der Waals surface area contributed by atoms with E-state index >= 15 is 0 Å². The fourth-order valence-corrected chi connectivity index (χ4v) is 0. The van der Waals surface area contributed by atoms with Crippen LogP contribution in [0.4, 0.5) is 4.39 Å². The van der Waals surface area contributed by atoms with E-state index in [2.05, 4.69) is 0 Å². The molecule has 0 fully saturated rings. The third kappa shape index (κ3) is 1070. The second-order valence-corrected chi connectivity index (χ2v) is 0.224. The van der Waals surface area contributed by atoms with Crippen LogP contribution in [0.25, 0.3) is 0 Å². The smallest absolute Gasteiger partial charge is 0.356 e. The molecule has 0 saturated carbocycles. The van der Waals surface area contributed by atoms with Gasteiger partial charge in [0.05, 0.1) is 12.3 Å². The Bertz CT molecular complexity index is 37.9. The molecule has 6 heteroatoms. The Labute approximate surface area is 51.6 Å². The Hall–Kier alpha value is -0.273. The molecule has 0 N–H and O–H groups in total. The van der Waals surface area contributed by atoms with E-state index in [9.17, 15) is 4.39 Å². The van der Waals surface area contributed by atoms with Crippen molar-refractivity contribution >= 4 is 0 Å². The number of nitrogens with zero attached hydrogens (tertiary/aromatic N) is 1. The molecule has 0 unspecified atom stereocenters. The molecule has 0 aliphatic rings. The maximum Gasteiger partial charge on any atom is 1.00 e. The first-order valence-corrected chi connectivity index (χ1v) is 0.926. The zero-order chi connectivity index (χ0) is 5.58. The van der Waals surface area contributed by atoms with E-state index in [4.69, 9.17) is 15.3 Å². The Morgan fingerprint density at radius 3 is 1.43 bits per heavy atom. The van der Waals surface area contributed by atoms with Crippen LogP contribution in [0.15, 0.2) is 0 Å². The first-order valence-electron chi connectivity index (χ1n) is 0.926. The van der Waals surface area contributed by atoms with E-state index in [1.165, 1.54) is 0 Å². The number of hydrogen-bond acceptors (Lipinski definition) is 3. The van der Waals surface area contributed by atoms with Gasteiger partial charge in [0.15, 0.2) is 0 Å². The van der Waals surface area contributed by atoms with Crippen LogP contribution in [0.5, 0.6) is 0 Å². The number of rotatable bonds is 0. The first kappa shape index (κ1) is 15.9. The average molecular weight is 103 g/mol. The molecule has 0 aromatic rings. The van der Waals surface area contributed by atoms with Crippen molar-refractivity contribution in [2.45, 2.75) is 0 Å². The van der Waals surface area contributed by atoms with Gasteiger partial charge in [0.25, 0.3) is 0 Å². The minimum Gasteiger partial charge on any atom is -0.356 e. The molecule has 0 aromatic carbocycles. The zero-order valence-corrected chi connectivity index (χ0v) is 4.05. The van der Waals surface area contributed by atoms with Crippen LogP contribution in [0.3, 0.4) is 0 Å². The zero-order valence-electron chi connectivity index (χ0n) is 4.05. The molecule has 0 heterocycles. The summed E-state index contributed by atoms with van der Waals surface area (Å²) in [4.78, 5) is 8.25. The Balaban J connectivity index is -0.0000000480. The van der Waals surface area contributed by atoms with Gasteiger partial charge in [-0.25, -0.2) is 0 Å². The Kier molecular flexibility index (Phi) is 39.0. The summed E-state index contributed by atoms with van der Waals surface area (Å²) in [5.41, 5.74) is 0. The summed E-state index contributed by atoms with van der Waals surface area (Å²) in [7, 11) is 0.500. The van der Waals surface area contributed by atoms with Crippen LogP contribution < -0.4 is 18.9 Å². The molecule has 0 atom stereocenters. The van der Waals surface area contributed by atoms with Crippen molar-refractivity contribution in [1.29, 1.82) is 0 Å². The molecule has 0 aromatic heterocycles. The van der Waals surface area contributed by atoms with Gasteiger partial charge in [0, 0.05) is 0 Å². The molecule has 0 radical (unpaired) electrons. The van der Waals surface area contributed by atoms with Crippen molar-refractivity contribution in [2.24, 2.45) is 0 Å². The van der Waals surface area contributed by atoms with E-state index in [-0.39, 0.29) is 18.9 Å². The van der Waals surface area contributed by atoms with Crippen molar-refractivity contribution in [2.75, 3.05) is 7.18 Å². The van der Waals surface area contributed by atoms with Crippen LogP contribution in [0.2, 0.25) is 0 Å². The van der Waals surface area contributed by atoms with Crippen LogP contribution in [0.1, 0.15) is 0 Å². The molecule has 4 nitrogen and oxygen atoms in total. The minimum absolute atomic E-state index is 0. The summed E-state index contributed by atoms with van der Waals surface area (Å²) in [5.74, 6) is 0. The average Bonchev–Trinajstić information content (AvgIpc) is 1.41. The minimum atomic E-state index is -1.75. The van der Waals surface area contributed by atoms with Gasteiger partial charge in [0.1, 0.15) is 0 Å². The quantitative estimate of drug-likeness (QED) is 0.191. The molecular formula is CH3FLiNO3. The number of alkyl halides is 1. The van der Waals surface area contributed by atoms with E-state index in [1.54, 1.807) is 0 Å². The van der Waals surface area contributed by atoms with Crippen molar-refractivity contribution in [3.05, 3.63) is 15.3 Å². The molecule has 0 saturated heterocycles. The van der Waals surface area contributed by atoms with E-state index < -0.39 is 5.09 Å². The number of hydrogen-bond donors (Lipinski definition) is 0. The van der Waals surface area contributed by atoms with Gasteiger partial charge in [0.2, 0.25) is 0 Å². The van der Waals surface area contributed by atoms with Crippen molar-refractivity contribution in [1.82, 2.24) is 0 Å². The summed E-state index contributed by atoms with van der Waals surface area (Å²) in [6.07, 6.45) is 0. The summed E-state index contributed by atoms with van der Waals surface area (Å²) in [5, 5.41) is 14.8. The normalized spacial score (nSPS) is 4.29. The van der Waals surface area contributed by atoms with Gasteiger partial charge in [-0.15, -0.1) is 0 Å². The molecule has 7 heavy (non-hydrogen) atoms. The molecule has 38 valence electrons. The summed E-state index contributed by atoms with van der Waals surface area (Å²) in [6.45, 7) is 0. The van der Waals surface area contributed by atoms with Gasteiger partial charge in [-0.2, -0.15) is 0 Å². The predicted molar refractivity (Wildman–Crippen MR) is 17.4 cm³/mol. The molecule has 0 aliphatic heterocycles. The molecule has 0 aliphatic carbocycles. The van der Waals surface area contributed by atoms with Crippen molar-refractivity contribution < 1.29 is 28.3 Å². The van der Waals surface area contributed by atoms with Gasteiger partial charge >= 0.3 is 18.9 Å². The largest absolute Gasteiger partial charge is 1.00 e. The van der Waals surface area contributed by atoms with Gasteiger partial charge in [-0.05, 0) is 0 Å². The predicted octanol–water partition coefficient (Wildman–Crippen LogP) is -2.65. The summed E-state index contributed by atoms with van der Waals surface area (Å²) >= 11 is 0. The van der Waals surface area contributed by atoms with Gasteiger partial charge in [-0.1, -0.05) is 0 Å².